The molecule has 1 atom stereocenters. The molecule has 0 saturated heterocycles. The summed E-state index contributed by atoms with van der Waals surface area (Å²) in [4.78, 5) is 21.3. The summed E-state index contributed by atoms with van der Waals surface area (Å²) >= 11 is 0. The molecule has 23 heavy (non-hydrogen) atoms. The molecule has 1 N–H and O–H groups in total. The van der Waals surface area contributed by atoms with E-state index in [9.17, 15) is 14.6 Å². The van der Waals surface area contributed by atoms with Crippen LogP contribution in [0.15, 0.2) is 0 Å². The fraction of sp³-hybridized carbons (Fsp3) is 0.933. The quantitative estimate of drug-likeness (QED) is 0.222. The second-order valence-electron chi connectivity index (χ2n) is 8.18. The van der Waals surface area contributed by atoms with E-state index in [1.165, 1.54) is 0 Å². The van der Waals surface area contributed by atoms with E-state index in [1.54, 1.807) is 0 Å². The SMILES string of the molecule is CC(C)(C)C(C)(C)C(=O)OCC[N+](C)(C)CCCP(=O)(O)O[O-]. The molecule has 0 rings (SSSR count). The fourth-order valence-electron chi connectivity index (χ4n) is 1.72. The zero-order chi connectivity index (χ0) is 18.5. The third kappa shape index (κ3) is 7.77. The predicted octanol–water partition coefficient (Wildman–Crippen LogP) is 1.55. The first-order chi connectivity index (χ1) is 10.1. The minimum Gasteiger partial charge on any atom is -0.716 e. The maximum Gasteiger partial charge on any atom is 0.319 e. The van der Waals surface area contributed by atoms with Crippen molar-refractivity contribution >= 4 is 13.6 Å². The fourth-order valence-corrected chi connectivity index (χ4v) is 2.34. The summed E-state index contributed by atoms with van der Waals surface area (Å²) in [5, 5.41) is 10.1. The summed E-state index contributed by atoms with van der Waals surface area (Å²) in [7, 11) is -0.125. The topological polar surface area (TPSA) is 95.9 Å². The predicted molar refractivity (Wildman–Crippen MR) is 86.4 cm³/mol. The van der Waals surface area contributed by atoms with E-state index in [4.69, 9.17) is 9.63 Å². The van der Waals surface area contributed by atoms with Gasteiger partial charge in [-0.25, -0.2) is 0 Å². The van der Waals surface area contributed by atoms with Gasteiger partial charge in [-0.15, -0.1) is 0 Å². The van der Waals surface area contributed by atoms with Crippen LogP contribution >= 0.6 is 7.60 Å². The Bertz CT molecular complexity index is 442. The zero-order valence-electron chi connectivity index (χ0n) is 15.4. The van der Waals surface area contributed by atoms with Crippen LogP contribution in [0, 0.1) is 10.8 Å². The molecule has 0 aromatic heterocycles. The van der Waals surface area contributed by atoms with Gasteiger partial charge in [0.1, 0.15) is 13.2 Å². The Balaban J connectivity index is 4.30. The van der Waals surface area contributed by atoms with Crippen molar-refractivity contribution in [1.29, 1.82) is 0 Å². The van der Waals surface area contributed by atoms with Gasteiger partial charge >= 0.3 is 13.6 Å². The maximum absolute atomic E-state index is 12.2. The maximum atomic E-state index is 12.2. The minimum absolute atomic E-state index is 0.172. The first-order valence-corrected chi connectivity index (χ1v) is 9.53. The van der Waals surface area contributed by atoms with Gasteiger partial charge in [0.2, 0.25) is 0 Å². The van der Waals surface area contributed by atoms with Crippen LogP contribution in [0.4, 0.5) is 0 Å². The highest BCUT2D eigenvalue weighted by molar-refractivity contribution is 7.52. The summed E-state index contributed by atoms with van der Waals surface area (Å²) in [6.45, 7) is 11.2. The van der Waals surface area contributed by atoms with Gasteiger partial charge in [-0.3, -0.25) is 9.36 Å². The van der Waals surface area contributed by atoms with Crippen molar-refractivity contribution in [2.45, 2.75) is 41.0 Å². The summed E-state index contributed by atoms with van der Waals surface area (Å²) in [5.41, 5.74) is -0.784. The van der Waals surface area contributed by atoms with Gasteiger partial charge in [0.05, 0.1) is 32.2 Å². The average Bonchev–Trinajstić information content (AvgIpc) is 2.36. The third-order valence-electron chi connectivity index (χ3n) is 4.64. The molecule has 1 unspecified atom stereocenters. The van der Waals surface area contributed by atoms with Crippen molar-refractivity contribution < 1.29 is 33.4 Å². The van der Waals surface area contributed by atoms with E-state index in [1.807, 2.05) is 48.7 Å². The number of quaternary nitrogens is 1. The lowest BCUT2D eigenvalue weighted by Crippen LogP contribution is -2.45. The van der Waals surface area contributed by atoms with Crippen molar-refractivity contribution in [3.05, 3.63) is 0 Å². The van der Waals surface area contributed by atoms with Crippen LogP contribution in [0.3, 0.4) is 0 Å². The first-order valence-electron chi connectivity index (χ1n) is 7.77. The van der Waals surface area contributed by atoms with E-state index in [-0.39, 0.29) is 24.2 Å². The summed E-state index contributed by atoms with van der Waals surface area (Å²) in [6.07, 6.45) is 0.208. The highest BCUT2D eigenvalue weighted by Gasteiger charge is 2.41. The molecule has 0 aliphatic rings. The van der Waals surface area contributed by atoms with Gasteiger partial charge in [0, 0.05) is 6.42 Å². The molecule has 0 bridgehead atoms. The highest BCUT2D eigenvalue weighted by Crippen LogP contribution is 2.40. The second kappa shape index (κ2) is 8.08. The molecule has 138 valence electrons. The molecule has 0 amide bonds. The van der Waals surface area contributed by atoms with Crippen molar-refractivity contribution in [3.8, 4) is 0 Å². The first kappa shape index (κ1) is 22.5. The molecule has 8 heteroatoms. The van der Waals surface area contributed by atoms with Crippen molar-refractivity contribution in [2.75, 3.05) is 40.0 Å². The normalized spacial score (nSPS) is 16.0. The number of hydrogen-bond acceptors (Lipinski definition) is 5. The molecule has 0 spiro atoms. The Morgan fingerprint density at radius 2 is 1.70 bits per heavy atom. The Morgan fingerprint density at radius 3 is 2.13 bits per heavy atom. The molecule has 0 aliphatic carbocycles. The van der Waals surface area contributed by atoms with E-state index < -0.39 is 13.0 Å². The molecular formula is C15H32NO6P. The van der Waals surface area contributed by atoms with Gasteiger partial charge in [-0.1, -0.05) is 20.8 Å². The number of carbonyl (C=O) groups is 1. The van der Waals surface area contributed by atoms with Gasteiger partial charge in [-0.2, -0.15) is 0 Å². The largest absolute Gasteiger partial charge is 0.716 e. The molecule has 0 aromatic rings. The summed E-state index contributed by atoms with van der Waals surface area (Å²) < 4.78 is 20.4. The van der Waals surface area contributed by atoms with Crippen LogP contribution in [-0.2, 0) is 18.8 Å². The molecule has 7 nitrogen and oxygen atoms in total. The van der Waals surface area contributed by atoms with E-state index >= 15 is 0 Å². The van der Waals surface area contributed by atoms with Crippen LogP contribution in [0.1, 0.15) is 41.0 Å². The van der Waals surface area contributed by atoms with Gasteiger partial charge in [-0.05, 0) is 19.3 Å². The number of hydrogen-bond donors (Lipinski definition) is 1. The van der Waals surface area contributed by atoms with Crippen molar-refractivity contribution in [3.63, 3.8) is 0 Å². The zero-order valence-corrected chi connectivity index (χ0v) is 16.3. The van der Waals surface area contributed by atoms with Crippen LogP contribution in [0.25, 0.3) is 0 Å². The van der Waals surface area contributed by atoms with Crippen LogP contribution in [-0.4, -0.2) is 55.3 Å². The van der Waals surface area contributed by atoms with Crippen LogP contribution < -0.4 is 5.26 Å². The van der Waals surface area contributed by atoms with Crippen LogP contribution in [0.2, 0.25) is 0 Å². The molecular weight excluding hydrogens is 321 g/mol. The van der Waals surface area contributed by atoms with Gasteiger partial charge in [0.25, 0.3) is 0 Å². The summed E-state index contributed by atoms with van der Waals surface area (Å²) in [6, 6.07) is 0. The number of nitrogens with zero attached hydrogens (tertiary/aromatic N) is 1. The number of likely N-dealkylation sites (N-methyl/N-ethyl adjacent to an activating group) is 1. The summed E-state index contributed by atoms with van der Waals surface area (Å²) in [5.74, 6) is -0.232. The molecule has 0 fully saturated rings. The monoisotopic (exact) mass is 353 g/mol. The molecule has 0 aromatic carbocycles. The van der Waals surface area contributed by atoms with Crippen molar-refractivity contribution in [2.24, 2.45) is 10.8 Å². The Labute approximate surface area is 139 Å². The van der Waals surface area contributed by atoms with Gasteiger partial charge in [0.15, 0.2) is 0 Å². The minimum atomic E-state index is -3.99. The van der Waals surface area contributed by atoms with E-state index in [0.717, 1.165) is 0 Å². The van der Waals surface area contributed by atoms with E-state index in [0.29, 0.717) is 24.0 Å². The number of ether oxygens (including phenoxy) is 1. The second-order valence-corrected chi connectivity index (χ2v) is 10.1. The lowest BCUT2D eigenvalue weighted by atomic mass is 9.69. The lowest BCUT2D eigenvalue weighted by Gasteiger charge is -2.36. The number of rotatable bonds is 9. The van der Waals surface area contributed by atoms with Crippen LogP contribution in [0.5, 0.6) is 0 Å². The average molecular weight is 353 g/mol. The van der Waals surface area contributed by atoms with Gasteiger partial charge < -0.3 is 24.0 Å². The molecule has 0 heterocycles. The lowest BCUT2D eigenvalue weighted by molar-refractivity contribution is -0.890. The molecule has 0 saturated carbocycles. The Hall–Kier alpha value is -0.460. The number of carbonyl (C=O) groups excluding carboxylic acids is 1. The smallest absolute Gasteiger partial charge is 0.319 e. The Morgan fingerprint density at radius 1 is 1.17 bits per heavy atom. The van der Waals surface area contributed by atoms with E-state index in [2.05, 4.69) is 4.67 Å². The highest BCUT2D eigenvalue weighted by atomic mass is 31.2. The Kier molecular flexibility index (Phi) is 7.92. The third-order valence-corrected chi connectivity index (χ3v) is 5.75. The molecule has 0 aliphatic heterocycles. The van der Waals surface area contributed by atoms with Crippen molar-refractivity contribution in [1.82, 2.24) is 0 Å². The standard InChI is InChI=1S/C15H32NO6P/c1-14(2,3)15(4,5)13(17)21-11-10-16(6,7)9-8-12-23(19,20)22-18/h8-12H2,1-7H3,(H-,18,19,20). The number of esters is 1. The molecule has 0 radical (unpaired) electrons.